The van der Waals surface area contributed by atoms with Crippen LogP contribution < -0.4 is 16.2 Å². The number of carbonyl (C=O) groups is 2. The second-order valence-corrected chi connectivity index (χ2v) is 4.53. The third kappa shape index (κ3) is 4.05. The van der Waals surface area contributed by atoms with E-state index in [0.29, 0.717) is 5.65 Å². The molecule has 0 aliphatic heterocycles. The molecule has 124 valence electrons. The van der Waals surface area contributed by atoms with Crippen molar-refractivity contribution in [2.45, 2.75) is 12.7 Å². The highest BCUT2D eigenvalue weighted by atomic mass is 19.4. The van der Waals surface area contributed by atoms with Gasteiger partial charge in [-0.15, -0.1) is 0 Å². The van der Waals surface area contributed by atoms with Gasteiger partial charge < -0.3 is 5.32 Å². The maximum Gasteiger partial charge on any atom is 0.405 e. The molecule has 2 heterocycles. The van der Waals surface area contributed by atoms with Gasteiger partial charge in [0, 0.05) is 7.05 Å². The highest BCUT2D eigenvalue weighted by molar-refractivity contribution is 5.94. The molecule has 12 heteroatoms. The van der Waals surface area contributed by atoms with E-state index in [1.54, 1.807) is 12.4 Å². The SMILES string of the molecule is Cn1ncc2c(=O)n(CC(=O)NC(=O)NCC(F)(F)F)cnc21. The molecule has 0 atom stereocenters. The van der Waals surface area contributed by atoms with Crippen molar-refractivity contribution in [1.82, 2.24) is 30.0 Å². The van der Waals surface area contributed by atoms with Crippen molar-refractivity contribution in [2.75, 3.05) is 6.54 Å². The molecule has 9 nitrogen and oxygen atoms in total. The van der Waals surface area contributed by atoms with Crippen LogP contribution in [0.25, 0.3) is 11.0 Å². The highest BCUT2D eigenvalue weighted by Crippen LogP contribution is 2.11. The number of rotatable bonds is 3. The van der Waals surface area contributed by atoms with Crippen molar-refractivity contribution in [2.24, 2.45) is 7.05 Å². The molecule has 0 aliphatic rings. The lowest BCUT2D eigenvalue weighted by molar-refractivity contribution is -0.124. The summed E-state index contributed by atoms with van der Waals surface area (Å²) in [4.78, 5) is 38.7. The Kier molecular flexibility index (Phi) is 4.33. The van der Waals surface area contributed by atoms with Crippen molar-refractivity contribution < 1.29 is 22.8 Å². The van der Waals surface area contributed by atoms with Gasteiger partial charge in [-0.05, 0) is 0 Å². The molecular weight excluding hydrogens is 321 g/mol. The Bertz CT molecular complexity index is 809. The molecule has 0 bridgehead atoms. The smallest absolute Gasteiger partial charge is 0.329 e. The van der Waals surface area contributed by atoms with Gasteiger partial charge in [0.05, 0.1) is 6.20 Å². The Morgan fingerprint density at radius 3 is 2.70 bits per heavy atom. The van der Waals surface area contributed by atoms with Crippen LogP contribution in [0.5, 0.6) is 0 Å². The normalized spacial score (nSPS) is 11.5. The minimum atomic E-state index is -4.59. The van der Waals surface area contributed by atoms with Crippen LogP contribution >= 0.6 is 0 Å². The van der Waals surface area contributed by atoms with Crippen LogP contribution in [-0.2, 0) is 18.4 Å². The van der Waals surface area contributed by atoms with E-state index in [-0.39, 0.29) is 5.39 Å². The molecule has 23 heavy (non-hydrogen) atoms. The molecule has 0 fully saturated rings. The molecule has 3 amide bonds. The molecular formula is C11H11F3N6O3. The summed E-state index contributed by atoms with van der Waals surface area (Å²) in [6, 6.07) is -1.31. The maximum absolute atomic E-state index is 12.1. The van der Waals surface area contributed by atoms with Crippen molar-refractivity contribution in [3.63, 3.8) is 0 Å². The van der Waals surface area contributed by atoms with Gasteiger partial charge in [-0.3, -0.25) is 24.2 Å². The first kappa shape index (κ1) is 16.5. The Balaban J connectivity index is 2.02. The molecule has 0 aromatic carbocycles. The summed E-state index contributed by atoms with van der Waals surface area (Å²) in [5.41, 5.74) is -0.247. The number of imide groups is 1. The Morgan fingerprint density at radius 2 is 2.04 bits per heavy atom. The number of aryl methyl sites for hydroxylation is 1. The van der Waals surface area contributed by atoms with Gasteiger partial charge in [0.1, 0.15) is 24.8 Å². The van der Waals surface area contributed by atoms with Crippen molar-refractivity contribution in [3.8, 4) is 0 Å². The van der Waals surface area contributed by atoms with Gasteiger partial charge in [-0.2, -0.15) is 18.3 Å². The van der Waals surface area contributed by atoms with Crippen LogP contribution in [-0.4, -0.2) is 44.0 Å². The maximum atomic E-state index is 12.1. The largest absolute Gasteiger partial charge is 0.405 e. The van der Waals surface area contributed by atoms with Crippen molar-refractivity contribution in [3.05, 3.63) is 22.9 Å². The molecule has 2 N–H and O–H groups in total. The second-order valence-electron chi connectivity index (χ2n) is 4.53. The van der Waals surface area contributed by atoms with E-state index in [1.807, 2.05) is 0 Å². The zero-order valence-electron chi connectivity index (χ0n) is 11.7. The summed E-state index contributed by atoms with van der Waals surface area (Å²) in [5.74, 6) is -0.961. The summed E-state index contributed by atoms with van der Waals surface area (Å²) in [6.45, 7) is -2.15. The van der Waals surface area contributed by atoms with E-state index in [4.69, 9.17) is 0 Å². The number of alkyl halides is 3. The van der Waals surface area contributed by atoms with E-state index in [9.17, 15) is 27.6 Å². The van der Waals surface area contributed by atoms with Crippen molar-refractivity contribution >= 4 is 23.0 Å². The number of halogens is 3. The fraction of sp³-hybridized carbons (Fsp3) is 0.364. The van der Waals surface area contributed by atoms with Gasteiger partial charge in [0.15, 0.2) is 5.65 Å². The van der Waals surface area contributed by atoms with Gasteiger partial charge in [0.2, 0.25) is 5.91 Å². The van der Waals surface area contributed by atoms with Crippen LogP contribution in [0, 0.1) is 0 Å². The van der Waals surface area contributed by atoms with E-state index in [1.165, 1.54) is 16.2 Å². The van der Waals surface area contributed by atoms with E-state index >= 15 is 0 Å². The van der Waals surface area contributed by atoms with Crippen molar-refractivity contribution in [1.29, 1.82) is 0 Å². The zero-order chi connectivity index (χ0) is 17.2. The van der Waals surface area contributed by atoms with E-state index < -0.39 is 36.8 Å². The molecule has 0 spiro atoms. The van der Waals surface area contributed by atoms with Crippen LogP contribution in [0.15, 0.2) is 17.3 Å². The average Bonchev–Trinajstić information content (AvgIpc) is 2.81. The molecule has 0 aliphatic carbocycles. The summed E-state index contributed by atoms with van der Waals surface area (Å²) in [7, 11) is 1.58. The minimum absolute atomic E-state index is 0.171. The number of fused-ring (bicyclic) bond motifs is 1. The molecule has 0 radical (unpaired) electrons. The zero-order valence-corrected chi connectivity index (χ0v) is 11.7. The van der Waals surface area contributed by atoms with E-state index in [0.717, 1.165) is 10.9 Å². The molecule has 0 unspecified atom stereocenters. The van der Waals surface area contributed by atoms with Crippen LogP contribution in [0.4, 0.5) is 18.0 Å². The lowest BCUT2D eigenvalue weighted by atomic mass is 10.4. The average molecular weight is 332 g/mol. The standard InChI is InChI=1S/C11H11F3N6O3/c1-19-8-6(2-17-19)9(22)20(5-16-8)3-7(21)18-10(23)15-4-11(12,13)14/h2,5H,3-4H2,1H3,(H2,15,18,21,23). The topological polar surface area (TPSA) is 111 Å². The number of amides is 3. The minimum Gasteiger partial charge on any atom is -0.329 e. The second kappa shape index (κ2) is 6.06. The number of carbonyl (C=O) groups excluding carboxylic acids is 2. The van der Waals surface area contributed by atoms with Crippen LogP contribution in [0.2, 0.25) is 0 Å². The number of nitrogens with one attached hydrogen (secondary N) is 2. The first-order chi connectivity index (χ1) is 10.7. The summed E-state index contributed by atoms with van der Waals surface area (Å²) in [5, 5.41) is 7.17. The monoisotopic (exact) mass is 332 g/mol. The third-order valence-corrected chi connectivity index (χ3v) is 2.73. The number of aromatic nitrogens is 4. The van der Waals surface area contributed by atoms with Gasteiger partial charge in [-0.1, -0.05) is 0 Å². The number of urea groups is 1. The molecule has 2 rings (SSSR count). The third-order valence-electron chi connectivity index (χ3n) is 2.73. The van der Waals surface area contributed by atoms with Gasteiger partial charge in [0.25, 0.3) is 5.56 Å². The first-order valence-electron chi connectivity index (χ1n) is 6.19. The Labute approximate surface area is 126 Å². The fourth-order valence-electron chi connectivity index (χ4n) is 1.72. The van der Waals surface area contributed by atoms with Gasteiger partial charge in [-0.25, -0.2) is 9.78 Å². The predicted molar refractivity (Wildman–Crippen MR) is 70.4 cm³/mol. The number of hydrogen-bond acceptors (Lipinski definition) is 5. The summed E-state index contributed by atoms with van der Waals surface area (Å²) < 4.78 is 38.0. The Morgan fingerprint density at radius 1 is 1.35 bits per heavy atom. The first-order valence-corrected chi connectivity index (χ1v) is 6.19. The molecule has 0 saturated heterocycles. The highest BCUT2D eigenvalue weighted by Gasteiger charge is 2.28. The predicted octanol–water partition coefficient (Wildman–Crippen LogP) is -0.482. The van der Waals surface area contributed by atoms with Crippen LogP contribution in [0.1, 0.15) is 0 Å². The molecule has 2 aromatic heterocycles. The number of nitrogens with zero attached hydrogens (tertiary/aromatic N) is 4. The lowest BCUT2D eigenvalue weighted by Crippen LogP contribution is -2.45. The quantitative estimate of drug-likeness (QED) is 0.788. The van der Waals surface area contributed by atoms with Gasteiger partial charge >= 0.3 is 12.2 Å². The summed E-state index contributed by atoms with van der Waals surface area (Å²) >= 11 is 0. The van der Waals surface area contributed by atoms with E-state index in [2.05, 4.69) is 10.1 Å². The van der Waals surface area contributed by atoms with Crippen LogP contribution in [0.3, 0.4) is 0 Å². The lowest BCUT2D eigenvalue weighted by Gasteiger charge is -2.09. The Hall–Kier alpha value is -2.92. The molecule has 2 aromatic rings. The molecule has 0 saturated carbocycles. The number of hydrogen-bond donors (Lipinski definition) is 2. The fourth-order valence-corrected chi connectivity index (χ4v) is 1.72. The summed E-state index contributed by atoms with van der Waals surface area (Å²) in [6.07, 6.45) is -2.23.